The molecule has 0 radical (unpaired) electrons. The molecule has 1 N–H and O–H groups in total. The van der Waals surface area contributed by atoms with Gasteiger partial charge >= 0.3 is 5.97 Å². The Balaban J connectivity index is 2.00. The van der Waals surface area contributed by atoms with E-state index in [0.717, 1.165) is 12.8 Å². The van der Waals surface area contributed by atoms with Gasteiger partial charge in [0.05, 0.1) is 5.92 Å². The van der Waals surface area contributed by atoms with Gasteiger partial charge < -0.3 is 10.0 Å². The zero-order valence-electron chi connectivity index (χ0n) is 10.2. The number of carbonyl (C=O) groups is 2. The lowest BCUT2D eigenvalue weighted by molar-refractivity contribution is -0.148. The summed E-state index contributed by atoms with van der Waals surface area (Å²) in [4.78, 5) is 24.8. The fourth-order valence-electron chi connectivity index (χ4n) is 3.00. The maximum atomic E-state index is 11.9. The van der Waals surface area contributed by atoms with Crippen molar-refractivity contribution >= 4 is 11.9 Å². The number of hydrogen-bond donors (Lipinski definition) is 1. The minimum atomic E-state index is -0.754. The van der Waals surface area contributed by atoms with E-state index in [-0.39, 0.29) is 11.8 Å². The lowest BCUT2D eigenvalue weighted by atomic mass is 9.94. The Labute approximate surface area is 102 Å². The minimum Gasteiger partial charge on any atom is -0.481 e. The van der Waals surface area contributed by atoms with Crippen molar-refractivity contribution < 1.29 is 14.7 Å². The first kappa shape index (κ1) is 12.4. The summed E-state index contributed by atoms with van der Waals surface area (Å²) in [6.45, 7) is 0.429. The van der Waals surface area contributed by atoms with Gasteiger partial charge in [0.25, 0.3) is 0 Å². The maximum Gasteiger partial charge on any atom is 0.308 e. The van der Waals surface area contributed by atoms with E-state index in [2.05, 4.69) is 0 Å². The van der Waals surface area contributed by atoms with Crippen molar-refractivity contribution in [2.75, 3.05) is 6.54 Å². The van der Waals surface area contributed by atoms with Crippen molar-refractivity contribution in [1.29, 1.82) is 0 Å². The highest BCUT2D eigenvalue weighted by Crippen LogP contribution is 2.27. The van der Waals surface area contributed by atoms with Gasteiger partial charge in [0.2, 0.25) is 5.91 Å². The van der Waals surface area contributed by atoms with Crippen molar-refractivity contribution in [3.63, 3.8) is 0 Å². The van der Waals surface area contributed by atoms with Crippen LogP contribution in [0.25, 0.3) is 0 Å². The van der Waals surface area contributed by atoms with E-state index < -0.39 is 5.97 Å². The van der Waals surface area contributed by atoms with Crippen LogP contribution in [0.5, 0.6) is 0 Å². The van der Waals surface area contributed by atoms with E-state index >= 15 is 0 Å². The lowest BCUT2D eigenvalue weighted by Crippen LogP contribution is -2.48. The molecule has 1 unspecified atom stereocenters. The molecular formula is C13H21NO3. The second-order valence-electron chi connectivity index (χ2n) is 5.27. The number of carboxylic acids is 1. The molecule has 4 nitrogen and oxygen atoms in total. The van der Waals surface area contributed by atoms with Crippen LogP contribution in [0.15, 0.2) is 0 Å². The molecule has 0 aromatic rings. The monoisotopic (exact) mass is 239 g/mol. The average molecular weight is 239 g/mol. The standard InChI is InChI=1S/C13H21NO3/c15-12-8-7-10(13(16)17)9-14(12)11-5-3-1-2-4-6-11/h10-11H,1-9H2,(H,16,17). The molecule has 17 heavy (non-hydrogen) atoms. The van der Waals surface area contributed by atoms with E-state index in [1.807, 2.05) is 4.90 Å². The highest BCUT2D eigenvalue weighted by molar-refractivity contribution is 5.80. The van der Waals surface area contributed by atoms with Gasteiger partial charge in [-0.25, -0.2) is 0 Å². The molecule has 2 rings (SSSR count). The molecule has 0 spiro atoms. The number of hydrogen-bond acceptors (Lipinski definition) is 2. The molecule has 1 amide bonds. The molecule has 1 saturated carbocycles. The fraction of sp³-hybridized carbons (Fsp3) is 0.846. The lowest BCUT2D eigenvalue weighted by Gasteiger charge is -2.36. The van der Waals surface area contributed by atoms with Gasteiger partial charge in [-0.05, 0) is 19.3 Å². The maximum absolute atomic E-state index is 11.9. The van der Waals surface area contributed by atoms with Gasteiger partial charge in [0.15, 0.2) is 0 Å². The highest BCUT2D eigenvalue weighted by Gasteiger charge is 2.33. The first-order chi connectivity index (χ1) is 8.18. The van der Waals surface area contributed by atoms with Gasteiger partial charge in [-0.1, -0.05) is 25.7 Å². The second-order valence-corrected chi connectivity index (χ2v) is 5.27. The van der Waals surface area contributed by atoms with Gasteiger partial charge in [-0.15, -0.1) is 0 Å². The van der Waals surface area contributed by atoms with Crippen molar-refractivity contribution in [1.82, 2.24) is 4.90 Å². The van der Waals surface area contributed by atoms with Gasteiger partial charge in [-0.2, -0.15) is 0 Å². The molecule has 1 atom stereocenters. The quantitative estimate of drug-likeness (QED) is 0.750. The average Bonchev–Trinajstić information content (AvgIpc) is 2.58. The van der Waals surface area contributed by atoms with Crippen LogP contribution in [0, 0.1) is 5.92 Å². The molecule has 1 aliphatic heterocycles. The number of aliphatic carboxylic acids is 1. The van der Waals surface area contributed by atoms with Gasteiger partial charge in [0.1, 0.15) is 0 Å². The molecule has 0 aromatic carbocycles. The molecular weight excluding hydrogens is 218 g/mol. The summed E-state index contributed by atoms with van der Waals surface area (Å²) < 4.78 is 0. The smallest absolute Gasteiger partial charge is 0.308 e. The normalized spacial score (nSPS) is 27.9. The molecule has 2 fully saturated rings. The number of nitrogens with zero attached hydrogens (tertiary/aromatic N) is 1. The van der Waals surface area contributed by atoms with Crippen LogP contribution in [0.4, 0.5) is 0 Å². The Kier molecular flexibility index (Phi) is 4.02. The number of likely N-dealkylation sites (tertiary alicyclic amines) is 1. The minimum absolute atomic E-state index is 0.161. The number of amides is 1. The molecule has 0 aromatic heterocycles. The first-order valence-electron chi connectivity index (χ1n) is 6.71. The van der Waals surface area contributed by atoms with Crippen LogP contribution in [-0.2, 0) is 9.59 Å². The summed E-state index contributed by atoms with van der Waals surface area (Å²) in [5.41, 5.74) is 0. The summed E-state index contributed by atoms with van der Waals surface area (Å²) in [5, 5.41) is 9.06. The number of piperidine rings is 1. The number of carboxylic acid groups (broad SMARTS) is 1. The Morgan fingerprint density at radius 3 is 2.35 bits per heavy atom. The third-order valence-corrected chi connectivity index (χ3v) is 4.06. The Hall–Kier alpha value is -1.06. The summed E-state index contributed by atoms with van der Waals surface area (Å²) >= 11 is 0. The van der Waals surface area contributed by atoms with Gasteiger partial charge in [0, 0.05) is 19.0 Å². The van der Waals surface area contributed by atoms with E-state index in [0.29, 0.717) is 25.4 Å². The molecule has 2 aliphatic rings. The first-order valence-corrected chi connectivity index (χ1v) is 6.71. The van der Waals surface area contributed by atoms with Crippen molar-refractivity contribution in [2.45, 2.75) is 57.4 Å². The van der Waals surface area contributed by atoms with Crippen molar-refractivity contribution in [3.05, 3.63) is 0 Å². The SMILES string of the molecule is O=C(O)C1CCC(=O)N(C2CCCCCC2)C1. The molecule has 1 saturated heterocycles. The zero-order chi connectivity index (χ0) is 12.3. The molecule has 1 aliphatic carbocycles. The third-order valence-electron chi connectivity index (χ3n) is 4.06. The number of rotatable bonds is 2. The predicted octanol–water partition coefficient (Wildman–Crippen LogP) is 2.03. The summed E-state index contributed by atoms with van der Waals surface area (Å²) in [6.07, 6.45) is 7.88. The second kappa shape index (κ2) is 5.52. The third kappa shape index (κ3) is 2.99. The van der Waals surface area contributed by atoms with Crippen molar-refractivity contribution in [2.24, 2.45) is 5.92 Å². The van der Waals surface area contributed by atoms with Crippen LogP contribution in [0.1, 0.15) is 51.4 Å². The predicted molar refractivity (Wildman–Crippen MR) is 63.6 cm³/mol. The van der Waals surface area contributed by atoms with E-state index in [9.17, 15) is 9.59 Å². The molecule has 96 valence electrons. The van der Waals surface area contributed by atoms with Crippen LogP contribution in [-0.4, -0.2) is 34.5 Å². The van der Waals surface area contributed by atoms with Crippen LogP contribution in [0.3, 0.4) is 0 Å². The highest BCUT2D eigenvalue weighted by atomic mass is 16.4. The summed E-state index contributed by atoms with van der Waals surface area (Å²) in [5.74, 6) is -0.943. The largest absolute Gasteiger partial charge is 0.481 e. The van der Waals surface area contributed by atoms with Crippen molar-refractivity contribution in [3.8, 4) is 0 Å². The van der Waals surface area contributed by atoms with E-state index in [1.165, 1.54) is 25.7 Å². The molecule has 4 heteroatoms. The Bertz CT molecular complexity index is 295. The van der Waals surface area contributed by atoms with Crippen LogP contribution >= 0.6 is 0 Å². The topological polar surface area (TPSA) is 57.6 Å². The zero-order valence-corrected chi connectivity index (χ0v) is 10.2. The van der Waals surface area contributed by atoms with E-state index in [4.69, 9.17) is 5.11 Å². The molecule has 1 heterocycles. The summed E-state index contributed by atoms with van der Waals surface area (Å²) in [6, 6.07) is 0.298. The van der Waals surface area contributed by atoms with Crippen LogP contribution in [0.2, 0.25) is 0 Å². The Morgan fingerprint density at radius 2 is 1.76 bits per heavy atom. The van der Waals surface area contributed by atoms with E-state index in [1.54, 1.807) is 0 Å². The number of carbonyl (C=O) groups excluding carboxylic acids is 1. The summed E-state index contributed by atoms with van der Waals surface area (Å²) in [7, 11) is 0. The molecule has 0 bridgehead atoms. The Morgan fingerprint density at radius 1 is 1.12 bits per heavy atom. The fourth-order valence-corrected chi connectivity index (χ4v) is 3.00. The van der Waals surface area contributed by atoms with Crippen LogP contribution < -0.4 is 0 Å². The van der Waals surface area contributed by atoms with Gasteiger partial charge in [-0.3, -0.25) is 9.59 Å².